The maximum atomic E-state index is 15.2. The van der Waals surface area contributed by atoms with Gasteiger partial charge in [0.25, 0.3) is 10.0 Å². The quantitative estimate of drug-likeness (QED) is 0.375. The van der Waals surface area contributed by atoms with Crippen molar-refractivity contribution in [1.29, 1.82) is 0 Å². The summed E-state index contributed by atoms with van der Waals surface area (Å²) in [4.78, 5) is 10.8. The van der Waals surface area contributed by atoms with Crippen molar-refractivity contribution in [2.45, 2.75) is 24.0 Å². The van der Waals surface area contributed by atoms with Crippen LogP contribution in [0.25, 0.3) is 10.1 Å². The molecule has 0 spiro atoms. The molecule has 1 aromatic heterocycles. The van der Waals surface area contributed by atoms with Gasteiger partial charge in [-0.2, -0.15) is 0 Å². The molecule has 1 aromatic carbocycles. The Morgan fingerprint density at radius 1 is 1.10 bits per heavy atom. The third-order valence-electron chi connectivity index (χ3n) is 3.64. The minimum absolute atomic E-state index is 0.0205. The summed E-state index contributed by atoms with van der Waals surface area (Å²) < 4.78 is 65.9. The van der Waals surface area contributed by atoms with Gasteiger partial charge in [0.15, 0.2) is 11.6 Å². The zero-order chi connectivity index (χ0) is 21.8. The second-order valence-corrected chi connectivity index (χ2v) is 9.35. The first-order valence-electron chi connectivity index (χ1n) is 8.23. The zero-order valence-corrected chi connectivity index (χ0v) is 18.2. The molecule has 0 fully saturated rings. The Balaban J connectivity index is 2.70. The molecule has 0 aliphatic carbocycles. The summed E-state index contributed by atoms with van der Waals surface area (Å²) in [5.41, 5.74) is -0.148. The number of thiophene rings is 1. The lowest BCUT2D eigenvalue weighted by Gasteiger charge is -2.15. The fraction of sp³-hybridized carbons (Fsp3) is 0.438. The van der Waals surface area contributed by atoms with Gasteiger partial charge in [0.2, 0.25) is 11.5 Å². The van der Waals surface area contributed by atoms with Gasteiger partial charge in [-0.25, -0.2) is 26.7 Å². The molecule has 0 saturated heterocycles. The molecule has 2 rings (SSSR count). The van der Waals surface area contributed by atoms with Gasteiger partial charge in [0, 0.05) is 17.1 Å². The number of nitrogens with one attached hydrogen (secondary N) is 1. The van der Waals surface area contributed by atoms with E-state index in [2.05, 4.69) is 0 Å². The van der Waals surface area contributed by atoms with Gasteiger partial charge in [-0.05, 0) is 25.3 Å². The van der Waals surface area contributed by atoms with Crippen LogP contribution in [0.15, 0.2) is 4.21 Å². The molecule has 0 aliphatic rings. The Morgan fingerprint density at radius 3 is 2.10 bits per heavy atom. The van der Waals surface area contributed by atoms with Crippen molar-refractivity contribution in [3.63, 3.8) is 0 Å². The van der Waals surface area contributed by atoms with Crippen molar-refractivity contribution < 1.29 is 36.6 Å². The maximum Gasteiger partial charge on any atom is 0.418 e. The second kappa shape index (κ2) is 9.96. The molecule has 2 N–H and O–H groups in total. The van der Waals surface area contributed by atoms with E-state index in [1.165, 1.54) is 11.6 Å². The Morgan fingerprint density at radius 2 is 1.62 bits per heavy atom. The number of halogens is 4. The highest BCUT2D eigenvalue weighted by Gasteiger charge is 2.31. The summed E-state index contributed by atoms with van der Waals surface area (Å²) >= 11 is 11.6. The van der Waals surface area contributed by atoms with Gasteiger partial charge >= 0.3 is 6.09 Å². The summed E-state index contributed by atoms with van der Waals surface area (Å²) in [7, 11) is -4.53. The van der Waals surface area contributed by atoms with Crippen molar-refractivity contribution in [3.8, 4) is 11.5 Å². The van der Waals surface area contributed by atoms with Gasteiger partial charge < -0.3 is 14.6 Å². The van der Waals surface area contributed by atoms with Crippen molar-refractivity contribution in [2.75, 3.05) is 25.0 Å². The number of aryl methyl sites for hydroxylation is 1. The molecule has 0 atom stereocenters. The molecule has 0 radical (unpaired) electrons. The van der Waals surface area contributed by atoms with E-state index in [-0.39, 0.29) is 40.6 Å². The second-order valence-electron chi connectivity index (χ2n) is 5.70. The molecule has 0 bridgehead atoms. The van der Waals surface area contributed by atoms with E-state index in [1.807, 2.05) is 0 Å². The summed E-state index contributed by atoms with van der Waals surface area (Å²) in [5.74, 6) is -2.58. The smallest absolute Gasteiger partial charge is 0.418 e. The van der Waals surface area contributed by atoms with Crippen molar-refractivity contribution in [1.82, 2.24) is 4.72 Å². The number of fused-ring (bicyclic) bond motifs is 1. The fourth-order valence-electron chi connectivity index (χ4n) is 2.46. The number of ether oxygens (including phenoxy) is 2. The highest BCUT2D eigenvalue weighted by molar-refractivity contribution is 7.92. The van der Waals surface area contributed by atoms with Crippen LogP contribution in [0.3, 0.4) is 0 Å². The SMILES string of the molecule is Cc1c(S(=O)(=O)NC(=O)O)sc2c(F)c(OCCCCl)c(OCCCCl)c(F)c12. The molecule has 7 nitrogen and oxygen atoms in total. The molecule has 0 aliphatic heterocycles. The van der Waals surface area contributed by atoms with Crippen LogP contribution in [-0.2, 0) is 10.0 Å². The maximum absolute atomic E-state index is 15.2. The Bertz CT molecular complexity index is 1010. The van der Waals surface area contributed by atoms with Gasteiger partial charge in [0.1, 0.15) is 4.21 Å². The van der Waals surface area contributed by atoms with E-state index in [1.54, 1.807) is 0 Å². The van der Waals surface area contributed by atoms with Crippen molar-refractivity contribution >= 4 is 60.7 Å². The summed E-state index contributed by atoms with van der Waals surface area (Å²) in [6, 6.07) is 0. The summed E-state index contributed by atoms with van der Waals surface area (Å²) in [5, 5.41) is 8.39. The van der Waals surface area contributed by atoms with Crippen LogP contribution in [-0.4, -0.2) is 44.6 Å². The molecule has 0 saturated carbocycles. The summed E-state index contributed by atoms with van der Waals surface area (Å²) in [6.07, 6.45) is -1.11. The standard InChI is InChI=1S/C16H17Cl2F2NO6S2/c1-8-9-10(19)12(26-6-2-4-17)13(27-7-3-5-18)11(20)14(9)28-15(8)29(24,25)21-16(22)23/h21H,2-7H2,1H3,(H,22,23). The molecule has 29 heavy (non-hydrogen) atoms. The van der Waals surface area contributed by atoms with Crippen molar-refractivity contribution in [3.05, 3.63) is 17.2 Å². The number of amides is 1. The van der Waals surface area contributed by atoms with Gasteiger partial charge in [-0.15, -0.1) is 34.5 Å². The predicted molar refractivity (Wildman–Crippen MR) is 106 cm³/mol. The number of carboxylic acid groups (broad SMARTS) is 1. The molecular weight excluding hydrogens is 475 g/mol. The van der Waals surface area contributed by atoms with E-state index in [9.17, 15) is 13.2 Å². The number of hydrogen-bond donors (Lipinski definition) is 2. The number of sulfonamides is 1. The monoisotopic (exact) mass is 491 g/mol. The van der Waals surface area contributed by atoms with Crippen LogP contribution in [0.2, 0.25) is 0 Å². The highest BCUT2D eigenvalue weighted by Crippen LogP contribution is 2.46. The summed E-state index contributed by atoms with van der Waals surface area (Å²) in [6.45, 7) is 1.20. The topological polar surface area (TPSA) is 102 Å². The van der Waals surface area contributed by atoms with Gasteiger partial charge in [0.05, 0.1) is 17.9 Å². The molecule has 2 aromatic rings. The first-order chi connectivity index (χ1) is 13.7. The van der Waals surface area contributed by atoms with E-state index < -0.39 is 43.5 Å². The minimum Gasteiger partial charge on any atom is -0.487 e. The average Bonchev–Trinajstić information content (AvgIpc) is 2.99. The largest absolute Gasteiger partial charge is 0.487 e. The van der Waals surface area contributed by atoms with E-state index >= 15 is 8.78 Å². The van der Waals surface area contributed by atoms with Crippen LogP contribution < -0.4 is 14.2 Å². The van der Waals surface area contributed by atoms with E-state index in [0.717, 1.165) is 0 Å². The van der Waals surface area contributed by atoms with Crippen LogP contribution in [0, 0.1) is 18.6 Å². The third-order valence-corrected chi connectivity index (χ3v) is 7.40. The molecular formula is C16H17Cl2F2NO6S2. The lowest BCUT2D eigenvalue weighted by molar-refractivity contribution is 0.201. The van der Waals surface area contributed by atoms with Crippen LogP contribution in [0.1, 0.15) is 18.4 Å². The lowest BCUT2D eigenvalue weighted by Crippen LogP contribution is -2.28. The van der Waals surface area contributed by atoms with Crippen LogP contribution in [0.5, 0.6) is 11.5 Å². The first kappa shape index (κ1) is 23.7. The normalized spacial score (nSPS) is 11.6. The van der Waals surface area contributed by atoms with E-state index in [0.29, 0.717) is 24.2 Å². The molecule has 162 valence electrons. The number of benzene rings is 1. The van der Waals surface area contributed by atoms with Gasteiger partial charge in [-0.3, -0.25) is 0 Å². The Hall–Kier alpha value is -1.56. The molecule has 1 amide bonds. The Kier molecular flexibility index (Phi) is 8.15. The number of rotatable bonds is 10. The number of hydrogen-bond acceptors (Lipinski definition) is 6. The van der Waals surface area contributed by atoms with Crippen molar-refractivity contribution in [2.24, 2.45) is 0 Å². The van der Waals surface area contributed by atoms with Gasteiger partial charge in [-0.1, -0.05) is 0 Å². The Labute approximate surface area is 179 Å². The zero-order valence-electron chi connectivity index (χ0n) is 15.1. The highest BCUT2D eigenvalue weighted by atomic mass is 35.5. The lowest BCUT2D eigenvalue weighted by atomic mass is 10.1. The molecule has 0 unspecified atom stereocenters. The molecule has 1 heterocycles. The van der Waals surface area contributed by atoms with Crippen LogP contribution >= 0.6 is 34.5 Å². The first-order valence-corrected chi connectivity index (χ1v) is 11.6. The fourth-order valence-corrected chi connectivity index (χ4v) is 5.29. The number of alkyl halides is 2. The third kappa shape index (κ3) is 5.14. The average molecular weight is 492 g/mol. The predicted octanol–water partition coefficient (Wildman–Crippen LogP) is 4.46. The minimum atomic E-state index is -4.53. The van der Waals surface area contributed by atoms with E-state index in [4.69, 9.17) is 37.8 Å². The molecule has 13 heteroatoms. The van der Waals surface area contributed by atoms with Crippen LogP contribution in [0.4, 0.5) is 13.6 Å². The number of carbonyl (C=O) groups is 1.